The summed E-state index contributed by atoms with van der Waals surface area (Å²) < 4.78 is 21.8. The van der Waals surface area contributed by atoms with Crippen LogP contribution in [0.5, 0.6) is 23.0 Å². The highest BCUT2D eigenvalue weighted by atomic mass is 16.5. The monoisotopic (exact) mass is 355 g/mol. The van der Waals surface area contributed by atoms with E-state index in [4.69, 9.17) is 18.9 Å². The van der Waals surface area contributed by atoms with Crippen molar-refractivity contribution in [3.8, 4) is 23.0 Å². The van der Waals surface area contributed by atoms with Gasteiger partial charge in [-0.1, -0.05) is 6.08 Å². The van der Waals surface area contributed by atoms with E-state index in [9.17, 15) is 0 Å². The van der Waals surface area contributed by atoms with E-state index in [0.29, 0.717) is 0 Å². The molecule has 0 aliphatic carbocycles. The van der Waals surface area contributed by atoms with Crippen LogP contribution < -0.4 is 23.8 Å². The number of hydrogen-bond acceptors (Lipinski definition) is 5. The van der Waals surface area contributed by atoms with Crippen LogP contribution in [0.3, 0.4) is 0 Å². The molecule has 0 amide bonds. The van der Waals surface area contributed by atoms with Crippen molar-refractivity contribution in [2.45, 2.75) is 6.42 Å². The minimum Gasteiger partial charge on any atom is -0.497 e. The Labute approximate surface area is 154 Å². The topological polar surface area (TPSA) is 40.2 Å². The number of nitrogens with zero attached hydrogens (tertiary/aromatic N) is 1. The fraction of sp³-hybridized carbons (Fsp3) is 0.333. The first-order valence-corrected chi connectivity index (χ1v) is 8.58. The van der Waals surface area contributed by atoms with E-state index < -0.39 is 0 Å². The average Bonchev–Trinajstić information content (AvgIpc) is 2.72. The molecule has 0 saturated heterocycles. The summed E-state index contributed by atoms with van der Waals surface area (Å²) in [5.41, 5.74) is 3.42. The van der Waals surface area contributed by atoms with Crippen molar-refractivity contribution in [2.75, 3.05) is 46.4 Å². The maximum absolute atomic E-state index is 5.59. The molecule has 1 aliphatic heterocycles. The quantitative estimate of drug-likeness (QED) is 0.783. The first-order valence-electron chi connectivity index (χ1n) is 8.58. The first kappa shape index (κ1) is 18.0. The Hall–Kier alpha value is -2.82. The largest absolute Gasteiger partial charge is 0.497 e. The fourth-order valence-electron chi connectivity index (χ4n) is 3.25. The Morgan fingerprint density at radius 3 is 1.85 bits per heavy atom. The molecule has 0 bridgehead atoms. The lowest BCUT2D eigenvalue weighted by Gasteiger charge is -2.29. The standard InChI is InChI=1S/C21H25NO4/c1-23-17-7-5-16(6-8-17)22-11-9-15(10-12-22)21-19(25-3)13-18(24-2)14-20(21)26-4/h5-9,13-14H,10-12H2,1-4H3. The number of rotatable bonds is 6. The molecule has 0 saturated carbocycles. The zero-order valence-electron chi connectivity index (χ0n) is 15.7. The second-order valence-corrected chi connectivity index (χ2v) is 6.03. The van der Waals surface area contributed by atoms with Gasteiger partial charge in [-0.15, -0.1) is 0 Å². The summed E-state index contributed by atoms with van der Waals surface area (Å²) in [6.45, 7) is 1.76. The summed E-state index contributed by atoms with van der Waals surface area (Å²) in [6, 6.07) is 12.0. The third-order valence-electron chi connectivity index (χ3n) is 4.68. The molecule has 0 radical (unpaired) electrons. The molecule has 0 spiro atoms. The van der Waals surface area contributed by atoms with Gasteiger partial charge in [0.15, 0.2) is 0 Å². The number of methoxy groups -OCH3 is 4. The van der Waals surface area contributed by atoms with E-state index in [2.05, 4.69) is 23.1 Å². The van der Waals surface area contributed by atoms with Crippen molar-refractivity contribution in [2.24, 2.45) is 0 Å². The summed E-state index contributed by atoms with van der Waals surface area (Å²) in [5.74, 6) is 3.13. The second kappa shape index (κ2) is 8.04. The summed E-state index contributed by atoms with van der Waals surface area (Å²) >= 11 is 0. The van der Waals surface area contributed by atoms with Crippen molar-refractivity contribution in [1.29, 1.82) is 0 Å². The van der Waals surface area contributed by atoms with Crippen LogP contribution in [0, 0.1) is 0 Å². The molecule has 0 aromatic heterocycles. The van der Waals surface area contributed by atoms with Gasteiger partial charge >= 0.3 is 0 Å². The molecule has 2 aromatic rings. The molecule has 1 aliphatic rings. The third kappa shape index (κ3) is 3.57. The average molecular weight is 355 g/mol. The SMILES string of the molecule is COc1ccc(N2CC=C(c3c(OC)cc(OC)cc3OC)CC2)cc1. The molecule has 2 aromatic carbocycles. The number of ether oxygens (including phenoxy) is 4. The van der Waals surface area contributed by atoms with Crippen LogP contribution >= 0.6 is 0 Å². The van der Waals surface area contributed by atoms with Gasteiger partial charge < -0.3 is 23.8 Å². The molecule has 0 fully saturated rings. The van der Waals surface area contributed by atoms with Crippen LogP contribution in [0.4, 0.5) is 5.69 Å². The minimum absolute atomic E-state index is 0.721. The van der Waals surface area contributed by atoms with E-state index in [1.165, 1.54) is 11.3 Å². The van der Waals surface area contributed by atoms with Gasteiger partial charge in [-0.3, -0.25) is 0 Å². The highest BCUT2D eigenvalue weighted by molar-refractivity contribution is 5.78. The summed E-state index contributed by atoms with van der Waals surface area (Å²) in [5, 5.41) is 0. The second-order valence-electron chi connectivity index (χ2n) is 6.03. The van der Waals surface area contributed by atoms with Crippen molar-refractivity contribution < 1.29 is 18.9 Å². The number of anilines is 1. The highest BCUT2D eigenvalue weighted by Crippen LogP contribution is 2.41. The van der Waals surface area contributed by atoms with Gasteiger partial charge in [0.1, 0.15) is 23.0 Å². The van der Waals surface area contributed by atoms with Crippen LogP contribution in [-0.4, -0.2) is 41.5 Å². The Morgan fingerprint density at radius 1 is 0.769 bits per heavy atom. The molecule has 0 N–H and O–H groups in total. The molecule has 5 nitrogen and oxygen atoms in total. The Bertz CT molecular complexity index is 758. The van der Waals surface area contributed by atoms with Crippen molar-refractivity contribution in [3.05, 3.63) is 48.0 Å². The van der Waals surface area contributed by atoms with Gasteiger partial charge in [0.05, 0.1) is 34.0 Å². The number of benzene rings is 2. The van der Waals surface area contributed by atoms with Crippen molar-refractivity contribution in [3.63, 3.8) is 0 Å². The van der Waals surface area contributed by atoms with Gasteiger partial charge in [0.25, 0.3) is 0 Å². The van der Waals surface area contributed by atoms with Gasteiger partial charge in [0, 0.05) is 30.9 Å². The van der Waals surface area contributed by atoms with Gasteiger partial charge in [0.2, 0.25) is 0 Å². The molecule has 5 heteroatoms. The molecule has 138 valence electrons. The van der Waals surface area contributed by atoms with E-state index in [1.807, 2.05) is 24.3 Å². The predicted molar refractivity (Wildman–Crippen MR) is 104 cm³/mol. The van der Waals surface area contributed by atoms with Crippen LogP contribution in [0.2, 0.25) is 0 Å². The van der Waals surface area contributed by atoms with Crippen molar-refractivity contribution in [1.82, 2.24) is 0 Å². The smallest absolute Gasteiger partial charge is 0.133 e. The summed E-state index contributed by atoms with van der Waals surface area (Å²) in [4.78, 5) is 2.34. The van der Waals surface area contributed by atoms with Crippen LogP contribution in [0.1, 0.15) is 12.0 Å². The summed E-state index contributed by atoms with van der Waals surface area (Å²) in [6.07, 6.45) is 3.14. The highest BCUT2D eigenvalue weighted by Gasteiger charge is 2.21. The summed E-state index contributed by atoms with van der Waals surface area (Å²) in [7, 11) is 6.66. The molecular weight excluding hydrogens is 330 g/mol. The minimum atomic E-state index is 0.721. The Kier molecular flexibility index (Phi) is 5.56. The van der Waals surface area contributed by atoms with Crippen LogP contribution in [0.25, 0.3) is 5.57 Å². The van der Waals surface area contributed by atoms with E-state index in [-0.39, 0.29) is 0 Å². The van der Waals surface area contributed by atoms with Crippen LogP contribution in [0.15, 0.2) is 42.5 Å². The van der Waals surface area contributed by atoms with E-state index in [1.54, 1.807) is 28.4 Å². The predicted octanol–water partition coefficient (Wildman–Crippen LogP) is 4.01. The van der Waals surface area contributed by atoms with E-state index in [0.717, 1.165) is 48.1 Å². The lowest BCUT2D eigenvalue weighted by Crippen LogP contribution is -2.28. The first-order chi connectivity index (χ1) is 12.7. The normalized spacial score (nSPS) is 13.8. The van der Waals surface area contributed by atoms with Gasteiger partial charge in [-0.05, 0) is 36.3 Å². The number of hydrogen-bond donors (Lipinski definition) is 0. The zero-order chi connectivity index (χ0) is 18.5. The maximum Gasteiger partial charge on any atom is 0.133 e. The molecule has 26 heavy (non-hydrogen) atoms. The van der Waals surface area contributed by atoms with E-state index >= 15 is 0 Å². The van der Waals surface area contributed by atoms with Crippen LogP contribution in [-0.2, 0) is 0 Å². The lowest BCUT2D eigenvalue weighted by atomic mass is 9.97. The Morgan fingerprint density at radius 2 is 1.38 bits per heavy atom. The molecule has 0 atom stereocenters. The van der Waals surface area contributed by atoms with Gasteiger partial charge in [-0.2, -0.15) is 0 Å². The lowest BCUT2D eigenvalue weighted by molar-refractivity contribution is 0.373. The molecular formula is C21H25NO4. The molecule has 0 unspecified atom stereocenters. The van der Waals surface area contributed by atoms with Crippen molar-refractivity contribution >= 4 is 11.3 Å². The van der Waals surface area contributed by atoms with Gasteiger partial charge in [-0.25, -0.2) is 0 Å². The maximum atomic E-state index is 5.59. The third-order valence-corrected chi connectivity index (χ3v) is 4.68. The molecule has 1 heterocycles. The Balaban J connectivity index is 1.86. The fourth-order valence-corrected chi connectivity index (χ4v) is 3.25. The molecule has 3 rings (SSSR count). The zero-order valence-corrected chi connectivity index (χ0v) is 15.7.